The minimum atomic E-state index is 0.151. The predicted octanol–water partition coefficient (Wildman–Crippen LogP) is 1.29. The largest absolute Gasteiger partial charge is 0.378 e. The molecule has 2 atom stereocenters. The molecule has 17 heavy (non-hydrogen) atoms. The molecule has 0 radical (unpaired) electrons. The molecule has 1 rings (SSSR count). The number of ether oxygens (including phenoxy) is 1. The van der Waals surface area contributed by atoms with Crippen LogP contribution in [0.5, 0.6) is 0 Å². The van der Waals surface area contributed by atoms with Gasteiger partial charge in [-0.1, -0.05) is 6.92 Å². The monoisotopic (exact) mass is 242 g/mol. The van der Waals surface area contributed by atoms with Gasteiger partial charge in [0.25, 0.3) is 0 Å². The zero-order valence-corrected chi connectivity index (χ0v) is 11.2. The SMILES string of the molecule is CCOC1CC(CC(=O)NC(C)C(C)CN)C1. The standard InChI is InChI=1S/C13H26N2O2/c1-4-17-12-5-11(6-12)7-13(16)15-10(3)9(2)8-14/h9-12H,4-8,14H2,1-3H3,(H,15,16). The molecule has 0 aromatic carbocycles. The van der Waals surface area contributed by atoms with Crippen molar-refractivity contribution < 1.29 is 9.53 Å². The van der Waals surface area contributed by atoms with Crippen LogP contribution >= 0.6 is 0 Å². The Morgan fingerprint density at radius 1 is 1.47 bits per heavy atom. The first kappa shape index (κ1) is 14.5. The Labute approximate surface area is 104 Å². The number of hydrogen-bond donors (Lipinski definition) is 2. The average Bonchev–Trinajstić information content (AvgIpc) is 2.25. The summed E-state index contributed by atoms with van der Waals surface area (Å²) in [6.07, 6.45) is 3.08. The molecule has 1 aliphatic rings. The number of nitrogens with one attached hydrogen (secondary N) is 1. The van der Waals surface area contributed by atoms with Crippen LogP contribution in [0.15, 0.2) is 0 Å². The second-order valence-electron chi connectivity index (χ2n) is 5.19. The lowest BCUT2D eigenvalue weighted by Gasteiger charge is -2.34. The van der Waals surface area contributed by atoms with E-state index in [0.717, 1.165) is 19.4 Å². The molecular formula is C13H26N2O2. The highest BCUT2D eigenvalue weighted by Crippen LogP contribution is 2.32. The van der Waals surface area contributed by atoms with E-state index >= 15 is 0 Å². The van der Waals surface area contributed by atoms with Gasteiger partial charge in [0.15, 0.2) is 0 Å². The van der Waals surface area contributed by atoms with E-state index in [1.807, 2.05) is 13.8 Å². The number of carbonyl (C=O) groups excluding carboxylic acids is 1. The number of carbonyl (C=O) groups is 1. The van der Waals surface area contributed by atoms with Crippen LogP contribution in [0.3, 0.4) is 0 Å². The summed E-state index contributed by atoms with van der Waals surface area (Å²) >= 11 is 0. The third-order valence-electron chi connectivity index (χ3n) is 3.68. The number of nitrogens with two attached hydrogens (primary N) is 1. The minimum Gasteiger partial charge on any atom is -0.378 e. The van der Waals surface area contributed by atoms with Crippen LogP contribution < -0.4 is 11.1 Å². The quantitative estimate of drug-likeness (QED) is 0.707. The lowest BCUT2D eigenvalue weighted by Crippen LogP contribution is -2.42. The van der Waals surface area contributed by atoms with Crippen molar-refractivity contribution in [1.29, 1.82) is 0 Å². The highest BCUT2D eigenvalue weighted by Gasteiger charge is 2.31. The van der Waals surface area contributed by atoms with E-state index in [1.54, 1.807) is 0 Å². The lowest BCUT2D eigenvalue weighted by molar-refractivity contribution is -0.125. The molecule has 0 bridgehead atoms. The first-order valence-electron chi connectivity index (χ1n) is 6.67. The van der Waals surface area contributed by atoms with E-state index in [2.05, 4.69) is 12.2 Å². The maximum Gasteiger partial charge on any atom is 0.220 e. The summed E-state index contributed by atoms with van der Waals surface area (Å²) in [4.78, 5) is 11.7. The van der Waals surface area contributed by atoms with E-state index in [-0.39, 0.29) is 11.9 Å². The van der Waals surface area contributed by atoms with E-state index in [1.165, 1.54) is 0 Å². The normalized spacial score (nSPS) is 27.1. The Morgan fingerprint density at radius 3 is 2.65 bits per heavy atom. The van der Waals surface area contributed by atoms with Crippen LogP contribution in [0.2, 0.25) is 0 Å². The summed E-state index contributed by atoms with van der Waals surface area (Å²) in [5.41, 5.74) is 5.57. The second kappa shape index (κ2) is 6.97. The average molecular weight is 242 g/mol. The van der Waals surface area contributed by atoms with Gasteiger partial charge in [0, 0.05) is 19.1 Å². The smallest absolute Gasteiger partial charge is 0.220 e. The fourth-order valence-electron chi connectivity index (χ4n) is 2.13. The van der Waals surface area contributed by atoms with Gasteiger partial charge in [-0.3, -0.25) is 4.79 Å². The summed E-state index contributed by atoms with van der Waals surface area (Å²) < 4.78 is 5.48. The molecule has 1 fully saturated rings. The molecular weight excluding hydrogens is 216 g/mol. The van der Waals surface area contributed by atoms with Gasteiger partial charge in [-0.2, -0.15) is 0 Å². The van der Waals surface area contributed by atoms with E-state index in [9.17, 15) is 4.79 Å². The van der Waals surface area contributed by atoms with Crippen LogP contribution in [0, 0.1) is 11.8 Å². The van der Waals surface area contributed by atoms with Gasteiger partial charge in [0.2, 0.25) is 5.91 Å². The van der Waals surface area contributed by atoms with Crippen LogP contribution in [-0.2, 0) is 9.53 Å². The van der Waals surface area contributed by atoms with Crippen molar-refractivity contribution in [1.82, 2.24) is 5.32 Å². The first-order chi connectivity index (χ1) is 8.06. The van der Waals surface area contributed by atoms with Crippen molar-refractivity contribution >= 4 is 5.91 Å². The fraction of sp³-hybridized carbons (Fsp3) is 0.923. The van der Waals surface area contributed by atoms with Gasteiger partial charge < -0.3 is 15.8 Å². The predicted molar refractivity (Wildman–Crippen MR) is 68.6 cm³/mol. The summed E-state index contributed by atoms with van der Waals surface area (Å²) in [5, 5.41) is 3.02. The molecule has 0 spiro atoms. The lowest BCUT2D eigenvalue weighted by atomic mass is 9.80. The van der Waals surface area contributed by atoms with Crippen molar-refractivity contribution in [3.8, 4) is 0 Å². The Morgan fingerprint density at radius 2 is 2.12 bits per heavy atom. The highest BCUT2D eigenvalue weighted by molar-refractivity contribution is 5.76. The summed E-state index contributed by atoms with van der Waals surface area (Å²) in [6, 6.07) is 0.162. The van der Waals surface area contributed by atoms with Crippen LogP contribution in [0.25, 0.3) is 0 Å². The zero-order chi connectivity index (χ0) is 12.8. The van der Waals surface area contributed by atoms with Crippen molar-refractivity contribution in [2.45, 2.75) is 52.2 Å². The first-order valence-corrected chi connectivity index (χ1v) is 6.67. The molecule has 3 N–H and O–H groups in total. The second-order valence-corrected chi connectivity index (χ2v) is 5.19. The van der Waals surface area contributed by atoms with E-state index in [0.29, 0.717) is 30.9 Å². The van der Waals surface area contributed by atoms with Gasteiger partial charge in [-0.25, -0.2) is 0 Å². The summed E-state index contributed by atoms with van der Waals surface area (Å²) in [5.74, 6) is 0.987. The molecule has 1 amide bonds. The Balaban J connectivity index is 2.14. The van der Waals surface area contributed by atoms with Crippen LogP contribution in [-0.4, -0.2) is 31.2 Å². The van der Waals surface area contributed by atoms with Crippen molar-refractivity contribution in [3.63, 3.8) is 0 Å². The molecule has 1 saturated carbocycles. The molecule has 0 saturated heterocycles. The molecule has 2 unspecified atom stereocenters. The van der Waals surface area contributed by atoms with Gasteiger partial charge in [-0.15, -0.1) is 0 Å². The van der Waals surface area contributed by atoms with E-state index < -0.39 is 0 Å². The van der Waals surface area contributed by atoms with Crippen molar-refractivity contribution in [2.24, 2.45) is 17.6 Å². The number of rotatable bonds is 7. The molecule has 100 valence electrons. The maximum absolute atomic E-state index is 11.7. The van der Waals surface area contributed by atoms with Crippen LogP contribution in [0.1, 0.15) is 40.0 Å². The molecule has 0 aromatic heterocycles. The van der Waals surface area contributed by atoms with Gasteiger partial charge in [0.1, 0.15) is 0 Å². The van der Waals surface area contributed by atoms with Crippen molar-refractivity contribution in [3.05, 3.63) is 0 Å². The molecule has 0 aliphatic heterocycles. The maximum atomic E-state index is 11.7. The van der Waals surface area contributed by atoms with Gasteiger partial charge in [0.05, 0.1) is 6.10 Å². The molecule has 1 aliphatic carbocycles. The summed E-state index contributed by atoms with van der Waals surface area (Å²) in [7, 11) is 0. The third-order valence-corrected chi connectivity index (χ3v) is 3.68. The van der Waals surface area contributed by atoms with Crippen molar-refractivity contribution in [2.75, 3.05) is 13.2 Å². The molecule has 4 nitrogen and oxygen atoms in total. The van der Waals surface area contributed by atoms with Crippen LogP contribution in [0.4, 0.5) is 0 Å². The molecule has 4 heteroatoms. The van der Waals surface area contributed by atoms with E-state index in [4.69, 9.17) is 10.5 Å². The topological polar surface area (TPSA) is 64.3 Å². The zero-order valence-electron chi connectivity index (χ0n) is 11.2. The fourth-order valence-corrected chi connectivity index (χ4v) is 2.13. The molecule has 0 heterocycles. The third kappa shape index (κ3) is 4.64. The van der Waals surface area contributed by atoms with Gasteiger partial charge >= 0.3 is 0 Å². The Bertz CT molecular complexity index is 240. The number of hydrogen-bond acceptors (Lipinski definition) is 3. The van der Waals surface area contributed by atoms with Gasteiger partial charge in [-0.05, 0) is 45.1 Å². The molecule has 0 aromatic rings. The summed E-state index contributed by atoms with van der Waals surface area (Å²) in [6.45, 7) is 7.46. The number of amides is 1. The minimum absolute atomic E-state index is 0.151. The highest BCUT2D eigenvalue weighted by atomic mass is 16.5. The Kier molecular flexibility index (Phi) is 5.92. The Hall–Kier alpha value is -0.610.